The van der Waals surface area contributed by atoms with Crippen LogP contribution in [0.3, 0.4) is 0 Å². The highest BCUT2D eigenvalue weighted by Crippen LogP contribution is 2.28. The van der Waals surface area contributed by atoms with Gasteiger partial charge >= 0.3 is 0 Å². The molecule has 1 unspecified atom stereocenters. The van der Waals surface area contributed by atoms with Gasteiger partial charge in [-0.05, 0) is 19.9 Å². The van der Waals surface area contributed by atoms with Crippen LogP contribution in [-0.2, 0) is 4.74 Å². The van der Waals surface area contributed by atoms with Gasteiger partial charge in [0.15, 0.2) is 0 Å². The normalized spacial score (nSPS) is 12.3. The first-order valence-electron chi connectivity index (χ1n) is 6.53. The molecule has 8 nitrogen and oxygen atoms in total. The van der Waals surface area contributed by atoms with Gasteiger partial charge < -0.3 is 15.0 Å². The SMILES string of the molecule is CCOCC(C)Nc1cc2nc[nH]c(=O)c2cc1[N+](=O)[O-]. The Labute approximate surface area is 120 Å². The number of fused-ring (bicyclic) bond motifs is 1. The van der Waals surface area contributed by atoms with E-state index in [0.717, 1.165) is 0 Å². The van der Waals surface area contributed by atoms with Crippen molar-refractivity contribution < 1.29 is 9.66 Å². The lowest BCUT2D eigenvalue weighted by Crippen LogP contribution is -2.22. The van der Waals surface area contributed by atoms with E-state index in [4.69, 9.17) is 4.74 Å². The van der Waals surface area contributed by atoms with Gasteiger partial charge in [-0.25, -0.2) is 4.98 Å². The molecule has 0 spiro atoms. The molecule has 0 saturated heterocycles. The average Bonchev–Trinajstić information content (AvgIpc) is 2.44. The van der Waals surface area contributed by atoms with Gasteiger partial charge in [0.25, 0.3) is 11.2 Å². The smallest absolute Gasteiger partial charge is 0.293 e. The molecule has 2 aromatic rings. The molecule has 8 heteroatoms. The summed E-state index contributed by atoms with van der Waals surface area (Å²) in [7, 11) is 0. The van der Waals surface area contributed by atoms with Crippen molar-refractivity contribution >= 4 is 22.3 Å². The summed E-state index contributed by atoms with van der Waals surface area (Å²) in [4.78, 5) is 28.7. The Balaban J connectivity index is 2.44. The van der Waals surface area contributed by atoms with Crippen molar-refractivity contribution in [1.82, 2.24) is 9.97 Å². The van der Waals surface area contributed by atoms with Crippen LogP contribution in [0.4, 0.5) is 11.4 Å². The molecule has 0 aliphatic carbocycles. The van der Waals surface area contributed by atoms with Crippen LogP contribution in [0, 0.1) is 10.1 Å². The molecule has 1 aromatic carbocycles. The maximum absolute atomic E-state index is 11.7. The van der Waals surface area contributed by atoms with E-state index in [1.165, 1.54) is 18.5 Å². The molecule has 0 aliphatic rings. The van der Waals surface area contributed by atoms with Crippen molar-refractivity contribution in [2.45, 2.75) is 19.9 Å². The molecule has 0 fully saturated rings. The molecular formula is C13H16N4O4. The largest absolute Gasteiger partial charge is 0.380 e. The van der Waals surface area contributed by atoms with Crippen LogP contribution in [-0.4, -0.2) is 34.1 Å². The molecule has 1 aromatic heterocycles. The molecule has 1 atom stereocenters. The summed E-state index contributed by atoms with van der Waals surface area (Å²) in [6, 6.07) is 2.63. The predicted molar refractivity (Wildman–Crippen MR) is 78.6 cm³/mol. The number of nitrogens with one attached hydrogen (secondary N) is 2. The van der Waals surface area contributed by atoms with Crippen LogP contribution in [0.2, 0.25) is 0 Å². The number of benzene rings is 1. The molecule has 21 heavy (non-hydrogen) atoms. The van der Waals surface area contributed by atoms with Crippen molar-refractivity contribution in [3.63, 3.8) is 0 Å². The summed E-state index contributed by atoms with van der Waals surface area (Å²) < 4.78 is 5.27. The first-order chi connectivity index (χ1) is 10.0. The Bertz CT molecular complexity index is 713. The van der Waals surface area contributed by atoms with Crippen LogP contribution in [0.15, 0.2) is 23.3 Å². The lowest BCUT2D eigenvalue weighted by atomic mass is 10.1. The maximum Gasteiger partial charge on any atom is 0.293 e. The third-order valence-corrected chi connectivity index (χ3v) is 2.93. The number of nitro groups is 1. The predicted octanol–water partition coefficient (Wildman–Crippen LogP) is 1.67. The number of hydrogen-bond acceptors (Lipinski definition) is 6. The first-order valence-corrected chi connectivity index (χ1v) is 6.53. The number of aromatic amines is 1. The summed E-state index contributed by atoms with van der Waals surface area (Å²) in [5, 5.41) is 14.4. The Morgan fingerprint density at radius 3 is 2.95 bits per heavy atom. The number of nitrogens with zero attached hydrogens (tertiary/aromatic N) is 2. The maximum atomic E-state index is 11.7. The van der Waals surface area contributed by atoms with Crippen molar-refractivity contribution in [2.24, 2.45) is 0 Å². The fourth-order valence-electron chi connectivity index (χ4n) is 1.97. The summed E-state index contributed by atoms with van der Waals surface area (Å²) in [6.45, 7) is 4.73. The summed E-state index contributed by atoms with van der Waals surface area (Å²) in [6.07, 6.45) is 1.27. The highest BCUT2D eigenvalue weighted by molar-refractivity contribution is 5.86. The van der Waals surface area contributed by atoms with Gasteiger partial charge in [0.1, 0.15) is 5.69 Å². The number of H-pyrrole nitrogens is 1. The second kappa shape index (κ2) is 6.31. The quantitative estimate of drug-likeness (QED) is 0.619. The fourth-order valence-corrected chi connectivity index (χ4v) is 1.97. The minimum Gasteiger partial charge on any atom is -0.380 e. The fraction of sp³-hybridized carbons (Fsp3) is 0.385. The zero-order chi connectivity index (χ0) is 15.4. The van der Waals surface area contributed by atoms with E-state index in [0.29, 0.717) is 24.4 Å². The Hall–Kier alpha value is -2.48. The number of nitro benzene ring substituents is 1. The number of rotatable bonds is 6. The third kappa shape index (κ3) is 3.34. The van der Waals surface area contributed by atoms with Crippen molar-refractivity contribution in [3.05, 3.63) is 38.9 Å². The number of anilines is 1. The van der Waals surface area contributed by atoms with Gasteiger partial charge in [-0.2, -0.15) is 0 Å². The van der Waals surface area contributed by atoms with Gasteiger partial charge in [-0.1, -0.05) is 0 Å². The van der Waals surface area contributed by atoms with Gasteiger partial charge in [0.05, 0.1) is 28.8 Å². The minimum atomic E-state index is -0.526. The second-order valence-electron chi connectivity index (χ2n) is 4.58. The first kappa shape index (κ1) is 14.9. The molecule has 0 radical (unpaired) electrons. The van der Waals surface area contributed by atoms with Crippen LogP contribution >= 0.6 is 0 Å². The van der Waals surface area contributed by atoms with E-state index in [1.54, 1.807) is 0 Å². The van der Waals surface area contributed by atoms with Crippen LogP contribution in [0.1, 0.15) is 13.8 Å². The molecule has 0 aliphatic heterocycles. The lowest BCUT2D eigenvalue weighted by molar-refractivity contribution is -0.383. The van der Waals surface area contributed by atoms with Crippen molar-refractivity contribution in [2.75, 3.05) is 18.5 Å². The summed E-state index contributed by atoms with van der Waals surface area (Å²) in [5.41, 5.74) is 0.148. The topological polar surface area (TPSA) is 110 Å². The Morgan fingerprint density at radius 2 is 2.29 bits per heavy atom. The number of hydrogen-bond donors (Lipinski definition) is 2. The zero-order valence-corrected chi connectivity index (χ0v) is 11.8. The molecule has 2 rings (SSSR count). The van der Waals surface area contributed by atoms with Gasteiger partial charge in [-0.15, -0.1) is 0 Å². The van der Waals surface area contributed by atoms with Gasteiger partial charge in [-0.3, -0.25) is 14.9 Å². The van der Waals surface area contributed by atoms with Crippen LogP contribution in [0.25, 0.3) is 10.9 Å². The molecule has 2 N–H and O–H groups in total. The Kier molecular flexibility index (Phi) is 4.49. The van der Waals surface area contributed by atoms with E-state index in [9.17, 15) is 14.9 Å². The standard InChI is InChI=1S/C13H16N4O4/c1-3-21-6-8(2)16-11-5-10-9(4-12(11)17(19)20)13(18)15-7-14-10/h4-5,7-8,16H,3,6H2,1-2H3,(H,14,15,18). The van der Waals surface area contributed by atoms with Gasteiger partial charge in [0, 0.05) is 18.7 Å². The molecular weight excluding hydrogens is 276 g/mol. The average molecular weight is 292 g/mol. The minimum absolute atomic E-state index is 0.108. The Morgan fingerprint density at radius 1 is 1.52 bits per heavy atom. The third-order valence-electron chi connectivity index (χ3n) is 2.93. The van der Waals surface area contributed by atoms with E-state index < -0.39 is 10.5 Å². The van der Waals surface area contributed by atoms with E-state index in [-0.39, 0.29) is 17.1 Å². The highest BCUT2D eigenvalue weighted by Gasteiger charge is 2.18. The number of ether oxygens (including phenoxy) is 1. The summed E-state index contributed by atoms with van der Waals surface area (Å²) in [5.74, 6) is 0. The zero-order valence-electron chi connectivity index (χ0n) is 11.8. The molecule has 0 bridgehead atoms. The number of aromatic nitrogens is 2. The lowest BCUT2D eigenvalue weighted by Gasteiger charge is -2.15. The van der Waals surface area contributed by atoms with E-state index >= 15 is 0 Å². The summed E-state index contributed by atoms with van der Waals surface area (Å²) >= 11 is 0. The van der Waals surface area contributed by atoms with E-state index in [1.807, 2.05) is 13.8 Å². The van der Waals surface area contributed by atoms with Crippen molar-refractivity contribution in [1.29, 1.82) is 0 Å². The van der Waals surface area contributed by atoms with Crippen LogP contribution < -0.4 is 10.9 Å². The van der Waals surface area contributed by atoms with Gasteiger partial charge in [0.2, 0.25) is 0 Å². The second-order valence-corrected chi connectivity index (χ2v) is 4.58. The van der Waals surface area contributed by atoms with Crippen molar-refractivity contribution in [3.8, 4) is 0 Å². The molecule has 112 valence electrons. The molecule has 0 amide bonds. The monoisotopic (exact) mass is 292 g/mol. The molecule has 0 saturated carbocycles. The molecule has 1 heterocycles. The van der Waals surface area contributed by atoms with Crippen LogP contribution in [0.5, 0.6) is 0 Å². The highest BCUT2D eigenvalue weighted by atomic mass is 16.6. The van der Waals surface area contributed by atoms with E-state index in [2.05, 4.69) is 15.3 Å².